The molecule has 2 spiro atoms. The zero-order valence-electron chi connectivity index (χ0n) is 22.2. The molecule has 1 N–H and O–H groups in total. The maximum absolute atomic E-state index is 14.1. The highest BCUT2D eigenvalue weighted by Crippen LogP contribution is 2.74. The fourth-order valence-corrected chi connectivity index (χ4v) is 9.13. The van der Waals surface area contributed by atoms with Crippen LogP contribution in [0.2, 0.25) is 0 Å². The number of carbonyl (C=O) groups is 1. The maximum atomic E-state index is 14.1. The first-order chi connectivity index (χ1) is 18.6. The Morgan fingerprint density at radius 2 is 1.97 bits per heavy atom. The van der Waals surface area contributed by atoms with Crippen molar-refractivity contribution >= 4 is 5.91 Å². The van der Waals surface area contributed by atoms with Gasteiger partial charge in [0.25, 0.3) is 0 Å². The molecule has 4 bridgehead atoms. The summed E-state index contributed by atoms with van der Waals surface area (Å²) in [6, 6.07) is 14.8. The minimum absolute atomic E-state index is 0.0541. The van der Waals surface area contributed by atoms with Gasteiger partial charge in [-0.25, -0.2) is 0 Å². The lowest BCUT2D eigenvalue weighted by atomic mass is 9.37. The summed E-state index contributed by atoms with van der Waals surface area (Å²) in [6.07, 6.45) is 9.88. The molecule has 7 aliphatic rings. The standard InChI is InChI=1S/C32H36N2O4/c1-36-24-11-10-22-16-25-30-12-13-32(37-2,23(17-30)28(35)33-18-20-6-4-3-5-7-20)29-31(30,26(22)27(24)38-29)14-15-34(25)19-21-8-9-21/h3-7,10-13,21,23,25,29H,8-9,14-19H2,1-2H3,(H,33,35)/t23?,25-,29-,30-,31+,32-/m1/s1. The van der Waals surface area contributed by atoms with E-state index >= 15 is 0 Å². The molecule has 6 atom stereocenters. The minimum atomic E-state index is -0.829. The molecule has 38 heavy (non-hydrogen) atoms. The molecule has 0 aromatic heterocycles. The summed E-state index contributed by atoms with van der Waals surface area (Å²) in [5, 5.41) is 3.26. The third-order valence-electron chi connectivity index (χ3n) is 10.9. The molecule has 1 saturated heterocycles. The van der Waals surface area contributed by atoms with Gasteiger partial charge in [0, 0.05) is 37.2 Å². The van der Waals surface area contributed by atoms with Crippen LogP contribution in [0, 0.1) is 17.3 Å². The fourth-order valence-electron chi connectivity index (χ4n) is 9.13. The Morgan fingerprint density at radius 3 is 2.74 bits per heavy atom. The number of carbonyl (C=O) groups excluding carboxylic acids is 1. The van der Waals surface area contributed by atoms with Gasteiger partial charge >= 0.3 is 0 Å². The molecule has 2 saturated carbocycles. The summed E-state index contributed by atoms with van der Waals surface area (Å²) < 4.78 is 19.3. The average Bonchev–Trinajstić information content (AvgIpc) is 3.70. The van der Waals surface area contributed by atoms with Gasteiger partial charge < -0.3 is 19.5 Å². The molecule has 2 aromatic carbocycles. The number of hydrogen-bond donors (Lipinski definition) is 1. The molecule has 5 aliphatic carbocycles. The minimum Gasteiger partial charge on any atom is -0.493 e. The van der Waals surface area contributed by atoms with Crippen LogP contribution in [0.5, 0.6) is 11.5 Å². The number of rotatable bonds is 7. The number of ether oxygens (including phenoxy) is 3. The quantitative estimate of drug-likeness (QED) is 0.568. The van der Waals surface area contributed by atoms with Crippen LogP contribution < -0.4 is 14.8 Å². The smallest absolute Gasteiger partial charge is 0.226 e. The zero-order chi connectivity index (χ0) is 25.7. The first-order valence-corrected chi connectivity index (χ1v) is 14.2. The Hall–Kier alpha value is -2.83. The number of likely N-dealkylation sites (tertiary alicyclic amines) is 1. The van der Waals surface area contributed by atoms with Crippen LogP contribution >= 0.6 is 0 Å². The van der Waals surface area contributed by atoms with E-state index in [9.17, 15) is 4.79 Å². The van der Waals surface area contributed by atoms with E-state index in [1.807, 2.05) is 18.2 Å². The van der Waals surface area contributed by atoms with E-state index in [0.717, 1.165) is 48.8 Å². The molecule has 1 unspecified atom stereocenters. The summed E-state index contributed by atoms with van der Waals surface area (Å²) in [4.78, 5) is 16.8. The average molecular weight is 513 g/mol. The summed E-state index contributed by atoms with van der Waals surface area (Å²) in [5.41, 5.74) is 2.60. The second-order valence-corrected chi connectivity index (χ2v) is 12.4. The summed E-state index contributed by atoms with van der Waals surface area (Å²) in [5.74, 6) is 2.22. The van der Waals surface area contributed by atoms with Crippen molar-refractivity contribution in [2.24, 2.45) is 17.3 Å². The lowest BCUT2D eigenvalue weighted by Gasteiger charge is -2.71. The fraction of sp³-hybridized carbons (Fsp3) is 0.531. The van der Waals surface area contributed by atoms with E-state index in [-0.39, 0.29) is 28.8 Å². The predicted octanol–water partition coefficient (Wildman–Crippen LogP) is 4.01. The number of methoxy groups -OCH3 is 2. The lowest BCUT2D eigenvalue weighted by Crippen LogP contribution is -2.80. The van der Waals surface area contributed by atoms with Crippen LogP contribution in [0.1, 0.15) is 42.4 Å². The number of hydrogen-bond acceptors (Lipinski definition) is 5. The number of nitrogens with one attached hydrogen (secondary N) is 1. The number of nitrogens with zero attached hydrogens (tertiary/aromatic N) is 1. The van der Waals surface area contributed by atoms with E-state index in [4.69, 9.17) is 14.2 Å². The van der Waals surface area contributed by atoms with Crippen molar-refractivity contribution < 1.29 is 19.0 Å². The predicted molar refractivity (Wildman–Crippen MR) is 143 cm³/mol. The normalized spacial score (nSPS) is 37.5. The summed E-state index contributed by atoms with van der Waals surface area (Å²) in [7, 11) is 3.48. The summed E-state index contributed by atoms with van der Waals surface area (Å²) in [6.45, 7) is 2.75. The van der Waals surface area contributed by atoms with Gasteiger partial charge in [-0.2, -0.15) is 0 Å². The third-order valence-corrected chi connectivity index (χ3v) is 10.9. The largest absolute Gasteiger partial charge is 0.493 e. The molecule has 0 radical (unpaired) electrons. The van der Waals surface area contributed by atoms with Crippen LogP contribution in [0.15, 0.2) is 54.6 Å². The van der Waals surface area contributed by atoms with E-state index in [2.05, 4.69) is 46.6 Å². The highest BCUT2D eigenvalue weighted by atomic mass is 16.6. The van der Waals surface area contributed by atoms with Gasteiger partial charge in [-0.05, 0) is 61.8 Å². The topological polar surface area (TPSA) is 60.0 Å². The number of fused-ring (bicyclic) bond motifs is 1. The Bertz CT molecular complexity index is 1340. The van der Waals surface area contributed by atoms with Gasteiger partial charge in [-0.3, -0.25) is 9.69 Å². The molecule has 198 valence electrons. The Morgan fingerprint density at radius 1 is 1.13 bits per heavy atom. The lowest BCUT2D eigenvalue weighted by molar-refractivity contribution is -0.215. The highest BCUT2D eigenvalue weighted by molar-refractivity contribution is 5.83. The van der Waals surface area contributed by atoms with Gasteiger partial charge in [0.2, 0.25) is 5.91 Å². The van der Waals surface area contributed by atoms with Crippen molar-refractivity contribution in [3.63, 3.8) is 0 Å². The van der Waals surface area contributed by atoms with E-state index < -0.39 is 5.60 Å². The van der Waals surface area contributed by atoms with Crippen molar-refractivity contribution in [1.29, 1.82) is 0 Å². The molecule has 2 aliphatic heterocycles. The Kier molecular flexibility index (Phi) is 4.77. The molecular weight excluding hydrogens is 476 g/mol. The van der Waals surface area contributed by atoms with Crippen LogP contribution in [0.4, 0.5) is 0 Å². The summed E-state index contributed by atoms with van der Waals surface area (Å²) >= 11 is 0. The van der Waals surface area contributed by atoms with Gasteiger partial charge in [0.1, 0.15) is 11.7 Å². The van der Waals surface area contributed by atoms with E-state index in [1.165, 1.54) is 30.5 Å². The molecular formula is C32H36N2O4. The molecule has 1 amide bonds. The number of amides is 1. The monoisotopic (exact) mass is 512 g/mol. The van der Waals surface area contributed by atoms with Crippen LogP contribution in [0.3, 0.4) is 0 Å². The van der Waals surface area contributed by atoms with Crippen LogP contribution in [-0.4, -0.2) is 55.9 Å². The van der Waals surface area contributed by atoms with Crippen molar-refractivity contribution in [1.82, 2.24) is 10.2 Å². The van der Waals surface area contributed by atoms with Gasteiger partial charge in [0.05, 0.1) is 18.4 Å². The molecule has 6 nitrogen and oxygen atoms in total. The van der Waals surface area contributed by atoms with E-state index in [1.54, 1.807) is 14.2 Å². The first kappa shape index (κ1) is 23.1. The maximum Gasteiger partial charge on any atom is 0.226 e. The van der Waals surface area contributed by atoms with E-state index in [0.29, 0.717) is 12.6 Å². The second-order valence-electron chi connectivity index (χ2n) is 12.4. The number of piperidine rings is 1. The molecule has 6 heteroatoms. The van der Waals surface area contributed by atoms with Gasteiger partial charge in [-0.15, -0.1) is 0 Å². The SMILES string of the molecule is COc1ccc2c3c1O[C@@H]1[C@]34CCN(CC3CC3)[C@H](C2)[C@]42C=C[C@@]1(OC)C(C(=O)NCc1ccccc1)C2. The van der Waals surface area contributed by atoms with Crippen molar-refractivity contribution in [2.75, 3.05) is 27.3 Å². The Labute approximate surface area is 224 Å². The molecule has 3 fully saturated rings. The second kappa shape index (κ2) is 7.86. The number of benzene rings is 2. The van der Waals surface area contributed by atoms with Crippen molar-refractivity contribution in [3.8, 4) is 11.5 Å². The van der Waals surface area contributed by atoms with Crippen LogP contribution in [-0.2, 0) is 27.9 Å². The molecule has 2 heterocycles. The molecule has 2 aromatic rings. The van der Waals surface area contributed by atoms with Gasteiger partial charge in [-0.1, -0.05) is 48.6 Å². The third kappa shape index (κ3) is 2.73. The molecule has 9 rings (SSSR count). The van der Waals surface area contributed by atoms with Gasteiger partial charge in [0.15, 0.2) is 11.5 Å². The van der Waals surface area contributed by atoms with Crippen LogP contribution in [0.25, 0.3) is 0 Å². The van der Waals surface area contributed by atoms with Crippen molar-refractivity contribution in [3.05, 3.63) is 71.3 Å². The highest BCUT2D eigenvalue weighted by Gasteiger charge is 2.80. The first-order valence-electron chi connectivity index (χ1n) is 14.2. The zero-order valence-corrected chi connectivity index (χ0v) is 22.2. The Balaban J connectivity index is 1.26. The van der Waals surface area contributed by atoms with Crippen molar-refractivity contribution in [2.45, 2.75) is 61.8 Å².